The van der Waals surface area contributed by atoms with Crippen molar-refractivity contribution in [2.24, 2.45) is 0 Å². The average molecular weight is 308 g/mol. The quantitative estimate of drug-likeness (QED) is 0.677. The van der Waals surface area contributed by atoms with Gasteiger partial charge in [0.2, 0.25) is 0 Å². The first-order valence-corrected chi connectivity index (χ1v) is 15.9. The van der Waals surface area contributed by atoms with Crippen molar-refractivity contribution >= 4 is 32.3 Å². The zero-order valence-corrected chi connectivity index (χ0v) is 15.9. The third kappa shape index (κ3) is 10.5. The Morgan fingerprint density at radius 3 is 1.50 bits per heavy atom. The van der Waals surface area contributed by atoms with Crippen LogP contribution in [-0.4, -0.2) is 42.4 Å². The van der Waals surface area contributed by atoms with E-state index < -0.39 is 32.3 Å². The Morgan fingerprint density at radius 2 is 1.22 bits per heavy atom. The van der Waals surface area contributed by atoms with Gasteiger partial charge in [-0.2, -0.15) is 0 Å². The summed E-state index contributed by atoms with van der Waals surface area (Å²) in [7, 11) is -6.68. The molecule has 0 radical (unpaired) electrons. The summed E-state index contributed by atoms with van der Waals surface area (Å²) >= 11 is 0. The monoisotopic (exact) mass is 308 g/mol. The lowest BCUT2D eigenvalue weighted by atomic mass is 9.85. The van der Waals surface area contributed by atoms with Crippen LogP contribution in [0.4, 0.5) is 0 Å². The Balaban J connectivity index is 4.60. The van der Waals surface area contributed by atoms with E-state index in [0.29, 0.717) is 6.32 Å². The molecule has 0 heterocycles. The minimum absolute atomic E-state index is 0.396. The lowest BCUT2D eigenvalue weighted by molar-refractivity contribution is 0.378. The van der Waals surface area contributed by atoms with Crippen LogP contribution >= 0.6 is 0 Å². The maximum Gasteiger partial charge on any atom is 0.451 e. The number of rotatable bonds is 8. The molecule has 0 amide bonds. The number of hydrogen-bond donors (Lipinski definition) is 2. The highest BCUT2D eigenvalue weighted by molar-refractivity contribution is 6.87. The molecule has 4 nitrogen and oxygen atoms in total. The Morgan fingerprint density at radius 1 is 0.833 bits per heavy atom. The van der Waals surface area contributed by atoms with Crippen LogP contribution in [0.3, 0.4) is 0 Å². The van der Waals surface area contributed by atoms with Crippen LogP contribution in [-0.2, 0) is 8.23 Å². The fraction of sp³-hybridized carbons (Fsp3) is 1.00. The molecule has 2 N–H and O–H groups in total. The fourth-order valence-electron chi connectivity index (χ4n) is 2.02. The van der Waals surface area contributed by atoms with Crippen molar-refractivity contribution in [1.82, 2.24) is 0 Å². The van der Waals surface area contributed by atoms with Gasteiger partial charge in [0.05, 0.1) is 0 Å². The number of hydrogen-bond acceptors (Lipinski definition) is 4. The van der Waals surface area contributed by atoms with Crippen LogP contribution in [0.15, 0.2) is 0 Å². The summed E-state index contributed by atoms with van der Waals surface area (Å²) in [4.78, 5) is 0. The second kappa shape index (κ2) is 6.82. The normalized spacial score (nSPS) is 13.8. The van der Waals surface area contributed by atoms with E-state index in [1.54, 1.807) is 0 Å². The van der Waals surface area contributed by atoms with Crippen LogP contribution in [0.5, 0.6) is 0 Å². The van der Waals surface area contributed by atoms with Gasteiger partial charge < -0.3 is 18.3 Å². The minimum atomic E-state index is -2.19. The Bertz CT molecular complexity index is 234. The van der Waals surface area contributed by atoms with Crippen molar-refractivity contribution in [3.63, 3.8) is 0 Å². The van der Waals surface area contributed by atoms with Crippen LogP contribution in [0.2, 0.25) is 58.2 Å². The van der Waals surface area contributed by atoms with Crippen molar-refractivity contribution in [3.8, 4) is 0 Å². The molecule has 0 aromatic rings. The lowest BCUT2D eigenvalue weighted by Gasteiger charge is -2.38. The molecular weight excluding hydrogens is 279 g/mol. The molecule has 108 valence electrons. The van der Waals surface area contributed by atoms with E-state index in [0.717, 1.165) is 12.5 Å². The van der Waals surface area contributed by atoms with Gasteiger partial charge in [-0.3, -0.25) is 0 Å². The first kappa shape index (κ1) is 18.6. The van der Waals surface area contributed by atoms with Crippen molar-refractivity contribution in [2.45, 2.75) is 64.6 Å². The SMILES string of the molecule is C[Si](C)(C)O[Si](C)(CCCB(O)O)O[Si](C)(C)C. The molecule has 18 heavy (non-hydrogen) atoms. The molecule has 0 aromatic heterocycles. The van der Waals surface area contributed by atoms with Crippen LogP contribution < -0.4 is 0 Å². The predicted molar refractivity (Wildman–Crippen MR) is 84.9 cm³/mol. The van der Waals surface area contributed by atoms with Crippen molar-refractivity contribution in [1.29, 1.82) is 0 Å². The van der Waals surface area contributed by atoms with E-state index in [4.69, 9.17) is 18.3 Å². The standard InChI is InChI=1S/C10H29BO4Si3/c1-16(2,3)14-18(7,15-17(4,5)6)10-8-9-11(12)13/h12-13H,8-10H2,1-7H3. The molecule has 0 atom stereocenters. The largest absolute Gasteiger partial charge is 0.451 e. The van der Waals surface area contributed by atoms with E-state index in [-0.39, 0.29) is 0 Å². The van der Waals surface area contributed by atoms with Crippen LogP contribution in [0, 0.1) is 0 Å². The summed E-state index contributed by atoms with van der Waals surface area (Å²) in [6.45, 7) is 15.2. The Hall–Kier alpha value is 0.556. The molecule has 0 spiro atoms. The van der Waals surface area contributed by atoms with Crippen LogP contribution in [0.1, 0.15) is 6.42 Å². The highest BCUT2D eigenvalue weighted by atomic mass is 28.5. The van der Waals surface area contributed by atoms with E-state index in [2.05, 4.69) is 45.8 Å². The first-order chi connectivity index (χ1) is 7.83. The fourth-order valence-corrected chi connectivity index (χ4v) is 14.6. The summed E-state index contributed by atoms with van der Waals surface area (Å²) in [5.41, 5.74) is 0. The second-order valence-electron chi connectivity index (χ2n) is 6.94. The first-order valence-electron chi connectivity index (χ1n) is 6.59. The van der Waals surface area contributed by atoms with Gasteiger partial charge in [0.25, 0.3) is 0 Å². The summed E-state index contributed by atoms with van der Waals surface area (Å²) in [5.74, 6) is 0. The third-order valence-electron chi connectivity index (χ3n) is 2.14. The van der Waals surface area contributed by atoms with E-state index in [9.17, 15) is 0 Å². The second-order valence-corrected chi connectivity index (χ2v) is 19.8. The highest BCUT2D eigenvalue weighted by Crippen LogP contribution is 2.26. The van der Waals surface area contributed by atoms with Gasteiger partial charge in [-0.05, 0) is 58.2 Å². The van der Waals surface area contributed by atoms with Crippen molar-refractivity contribution in [3.05, 3.63) is 0 Å². The smallest absolute Gasteiger partial charge is 0.437 e. The molecule has 8 heteroatoms. The van der Waals surface area contributed by atoms with Gasteiger partial charge in [0.1, 0.15) is 0 Å². The summed E-state index contributed by atoms with van der Waals surface area (Å²) in [6, 6.07) is 0.832. The third-order valence-corrected chi connectivity index (χ3v) is 11.8. The molecule has 0 aliphatic heterocycles. The Labute approximate surface area is 115 Å². The van der Waals surface area contributed by atoms with Gasteiger partial charge in [-0.1, -0.05) is 6.42 Å². The molecule has 0 saturated carbocycles. The lowest BCUT2D eigenvalue weighted by Crippen LogP contribution is -2.52. The van der Waals surface area contributed by atoms with E-state index >= 15 is 0 Å². The molecule has 0 bridgehead atoms. The summed E-state index contributed by atoms with van der Waals surface area (Å²) in [6.07, 6.45) is 1.14. The summed E-state index contributed by atoms with van der Waals surface area (Å²) in [5, 5.41) is 17.8. The molecular formula is C10H29BO4Si3. The summed E-state index contributed by atoms with van der Waals surface area (Å²) < 4.78 is 12.6. The molecule has 0 unspecified atom stereocenters. The maximum atomic E-state index is 8.92. The maximum absolute atomic E-state index is 8.92. The van der Waals surface area contributed by atoms with Gasteiger partial charge in [-0.15, -0.1) is 0 Å². The molecule has 0 rings (SSSR count). The molecule has 0 aliphatic rings. The minimum Gasteiger partial charge on any atom is -0.437 e. The Kier molecular flexibility index (Phi) is 7.03. The topological polar surface area (TPSA) is 58.9 Å². The molecule has 0 fully saturated rings. The molecule has 0 saturated heterocycles. The van der Waals surface area contributed by atoms with Gasteiger partial charge in [-0.25, -0.2) is 0 Å². The van der Waals surface area contributed by atoms with Crippen LogP contribution in [0.25, 0.3) is 0 Å². The predicted octanol–water partition coefficient (Wildman–Crippen LogP) is 2.62. The molecule has 0 aliphatic carbocycles. The van der Waals surface area contributed by atoms with E-state index in [1.807, 2.05) is 0 Å². The zero-order chi connectivity index (χ0) is 14.6. The van der Waals surface area contributed by atoms with E-state index in [1.165, 1.54) is 0 Å². The van der Waals surface area contributed by atoms with Crippen molar-refractivity contribution < 1.29 is 18.3 Å². The van der Waals surface area contributed by atoms with Gasteiger partial charge in [0, 0.05) is 0 Å². The van der Waals surface area contributed by atoms with Gasteiger partial charge >= 0.3 is 15.7 Å². The molecule has 0 aromatic carbocycles. The zero-order valence-electron chi connectivity index (χ0n) is 12.9. The van der Waals surface area contributed by atoms with Crippen molar-refractivity contribution in [2.75, 3.05) is 0 Å². The van der Waals surface area contributed by atoms with Gasteiger partial charge in [0.15, 0.2) is 16.6 Å². The average Bonchev–Trinajstić information content (AvgIpc) is 1.93. The highest BCUT2D eigenvalue weighted by Gasteiger charge is 2.39.